The molecule has 2 aliphatic carbocycles. The monoisotopic (exact) mass is 609 g/mol. The van der Waals surface area contributed by atoms with E-state index in [1.807, 2.05) is 0 Å². The van der Waals surface area contributed by atoms with Gasteiger partial charge in [-0.3, -0.25) is 0 Å². The molecule has 0 nitrogen and oxygen atoms in total. The van der Waals surface area contributed by atoms with Gasteiger partial charge in [0.25, 0.3) is 0 Å². The first-order chi connectivity index (χ1) is 20.3. The Morgan fingerprint density at radius 2 is 1.14 bits per heavy atom. The van der Waals surface area contributed by atoms with E-state index in [-0.39, 0.29) is 0 Å². The summed E-state index contributed by atoms with van der Waals surface area (Å²) in [5.74, 6) is 0. The van der Waals surface area contributed by atoms with E-state index in [0.717, 1.165) is 6.42 Å². The van der Waals surface area contributed by atoms with Gasteiger partial charge < -0.3 is 0 Å². The lowest BCUT2D eigenvalue weighted by Gasteiger charge is -2.37. The van der Waals surface area contributed by atoms with E-state index in [9.17, 15) is 0 Å². The predicted molar refractivity (Wildman–Crippen MR) is 197 cm³/mol. The molecule has 0 spiro atoms. The molecule has 6 rings (SSSR count). The molecule has 0 heterocycles. The fourth-order valence-corrected chi connectivity index (χ4v) is 17.4. The average Bonchev–Trinajstić information content (AvgIpc) is 3.60. The van der Waals surface area contributed by atoms with Crippen LogP contribution in [0.2, 0.25) is 58.9 Å². The van der Waals surface area contributed by atoms with Crippen LogP contribution in [0.3, 0.4) is 0 Å². The van der Waals surface area contributed by atoms with Crippen molar-refractivity contribution in [3.8, 4) is 0 Å². The predicted octanol–water partition coefficient (Wildman–Crippen LogP) is 7.22. The molecule has 2 aliphatic rings. The van der Waals surface area contributed by atoms with Crippen molar-refractivity contribution in [3.05, 3.63) is 140 Å². The number of hydrogen-bond acceptors (Lipinski definition) is 0. The first kappa shape index (κ1) is 29.8. The number of allylic oxidation sites excluding steroid dienone is 4. The number of rotatable bonds is 6. The van der Waals surface area contributed by atoms with E-state index in [2.05, 4.69) is 162 Å². The molecule has 4 aromatic carbocycles. The van der Waals surface area contributed by atoms with Crippen LogP contribution in [0.4, 0.5) is 0 Å². The quantitative estimate of drug-likeness (QED) is 0.178. The molecule has 4 aromatic rings. The maximum atomic E-state index is 4.10. The Morgan fingerprint density at radius 3 is 1.63 bits per heavy atom. The maximum absolute atomic E-state index is 4.10. The molecule has 0 N–H and O–H groups in total. The minimum Gasteiger partial charge on any atom is -0.0801 e. The van der Waals surface area contributed by atoms with Gasteiger partial charge in [0.15, 0.2) is 0 Å². The van der Waals surface area contributed by atoms with E-state index >= 15 is 0 Å². The fourth-order valence-electron chi connectivity index (χ4n) is 7.28. The topological polar surface area (TPSA) is 0 Å². The van der Waals surface area contributed by atoms with Crippen LogP contribution in [0.15, 0.2) is 97.1 Å². The van der Waals surface area contributed by atoms with Gasteiger partial charge in [-0.25, -0.2) is 0 Å². The van der Waals surface area contributed by atoms with Crippen molar-refractivity contribution >= 4 is 57.0 Å². The van der Waals surface area contributed by atoms with Crippen LogP contribution < -0.4 is 26.0 Å². The normalized spacial score (nSPS) is 14.3. The number of hydrogen-bond donors (Lipinski definition) is 0. The van der Waals surface area contributed by atoms with Crippen LogP contribution >= 0.6 is 0 Å². The molecule has 0 unspecified atom stereocenters. The van der Waals surface area contributed by atoms with Crippen molar-refractivity contribution in [2.24, 2.45) is 0 Å². The van der Waals surface area contributed by atoms with Gasteiger partial charge in [0.05, 0.1) is 24.2 Å². The summed E-state index contributed by atoms with van der Waals surface area (Å²) in [7, 11) is -5.36. The van der Waals surface area contributed by atoms with Gasteiger partial charge in [-0.1, -0.05) is 172 Å². The zero-order valence-electron chi connectivity index (χ0n) is 27.4. The zero-order chi connectivity index (χ0) is 30.7. The van der Waals surface area contributed by atoms with E-state index in [1.165, 1.54) is 54.3 Å². The minimum atomic E-state index is -1.83. The van der Waals surface area contributed by atoms with E-state index in [0.29, 0.717) is 0 Å². The highest BCUT2D eigenvalue weighted by Crippen LogP contribution is 2.26. The lowest BCUT2D eigenvalue weighted by molar-refractivity contribution is 1.38. The lowest BCUT2D eigenvalue weighted by atomic mass is 9.94. The van der Waals surface area contributed by atoms with Crippen LogP contribution in [0.5, 0.6) is 0 Å². The zero-order valence-corrected chi connectivity index (χ0v) is 30.4. The largest absolute Gasteiger partial charge is 0.0801 e. The van der Waals surface area contributed by atoms with Crippen LogP contribution in [-0.2, 0) is 0 Å². The van der Waals surface area contributed by atoms with Gasteiger partial charge in [-0.2, -0.15) is 0 Å². The fraction of sp³-hybridized carbons (Fsp3) is 0.250. The van der Waals surface area contributed by atoms with Gasteiger partial charge in [0.1, 0.15) is 0 Å². The molecule has 217 valence electrons. The van der Waals surface area contributed by atoms with Crippen LogP contribution in [0.1, 0.15) is 28.7 Å². The molecule has 0 aromatic heterocycles. The van der Waals surface area contributed by atoms with Crippen molar-refractivity contribution in [3.63, 3.8) is 0 Å². The second-order valence-electron chi connectivity index (χ2n) is 15.3. The van der Waals surface area contributed by atoms with E-state index < -0.39 is 24.2 Å². The molecular formula is C40H45Si3. The summed E-state index contributed by atoms with van der Waals surface area (Å²) in [6.07, 6.45) is 12.1. The SMILES string of the molecule is C[Si](C)(C)c1c([Si](C)(C)C)c([Si](C)(C)C)c2c(c1C1=CC=CC1)=[C]c1cccc(=C(c3ccccc3)c3ccccc3)c1=2. The third kappa shape index (κ3) is 5.26. The highest BCUT2D eigenvalue weighted by molar-refractivity contribution is 7.04. The van der Waals surface area contributed by atoms with Crippen molar-refractivity contribution < 1.29 is 0 Å². The standard InChI is InChI=1S/C40H45Si3/c1-41(2,3)38-36(30-23-16-17-24-30)33-27-31-25-18-26-32(34(28-19-12-10-13-20-28)29-21-14-11-15-22-29)35(31)37(33)39(42(4,5)6)40(38)43(7,8)9/h10-23,25-26H,24H2,1-9H3. The molecule has 0 fully saturated rings. The number of fused-ring (bicyclic) bond motifs is 2. The molecular weight excluding hydrogens is 565 g/mol. The summed E-state index contributed by atoms with van der Waals surface area (Å²) in [6, 6.07) is 28.9. The van der Waals surface area contributed by atoms with Crippen molar-refractivity contribution in [2.45, 2.75) is 65.3 Å². The summed E-state index contributed by atoms with van der Waals surface area (Å²) >= 11 is 0. The Balaban J connectivity index is 2.01. The molecule has 0 amide bonds. The summed E-state index contributed by atoms with van der Waals surface area (Å²) in [6.45, 7) is 23.2. The summed E-state index contributed by atoms with van der Waals surface area (Å²) < 4.78 is 0. The second-order valence-corrected chi connectivity index (χ2v) is 30.3. The Kier molecular flexibility index (Phi) is 7.44. The Labute approximate surface area is 261 Å². The molecule has 0 bridgehead atoms. The van der Waals surface area contributed by atoms with Crippen molar-refractivity contribution in [1.29, 1.82) is 0 Å². The highest BCUT2D eigenvalue weighted by atomic mass is 28.3. The van der Waals surface area contributed by atoms with Crippen LogP contribution in [0, 0.1) is 10.4 Å². The van der Waals surface area contributed by atoms with E-state index in [1.54, 1.807) is 15.6 Å². The first-order valence-electron chi connectivity index (χ1n) is 15.8. The molecule has 0 atom stereocenters. The first-order valence-corrected chi connectivity index (χ1v) is 26.3. The van der Waals surface area contributed by atoms with Crippen LogP contribution in [-0.4, -0.2) is 24.2 Å². The van der Waals surface area contributed by atoms with Gasteiger partial charge in [-0.05, 0) is 66.8 Å². The minimum absolute atomic E-state index is 1.01. The van der Waals surface area contributed by atoms with Crippen LogP contribution in [0.25, 0.3) is 17.2 Å². The molecule has 1 radical (unpaired) electrons. The molecule has 0 aliphatic heterocycles. The number of benzene rings is 4. The smallest absolute Gasteiger partial charge is 0.0782 e. The van der Waals surface area contributed by atoms with Gasteiger partial charge in [-0.15, -0.1) is 0 Å². The van der Waals surface area contributed by atoms with Gasteiger partial charge in [0.2, 0.25) is 0 Å². The summed E-state index contributed by atoms with van der Waals surface area (Å²) in [4.78, 5) is 0. The average molecular weight is 610 g/mol. The Hall–Kier alpha value is -3.25. The lowest BCUT2D eigenvalue weighted by Crippen LogP contribution is -2.69. The maximum Gasteiger partial charge on any atom is 0.0782 e. The third-order valence-electron chi connectivity index (χ3n) is 8.81. The molecule has 3 heteroatoms. The molecule has 0 saturated carbocycles. The van der Waals surface area contributed by atoms with E-state index in [4.69, 9.17) is 0 Å². The Bertz CT molecular complexity index is 1970. The highest BCUT2D eigenvalue weighted by Gasteiger charge is 2.38. The Morgan fingerprint density at radius 1 is 0.581 bits per heavy atom. The third-order valence-corrected chi connectivity index (χ3v) is 15.3. The molecule has 0 saturated heterocycles. The summed E-state index contributed by atoms with van der Waals surface area (Å²) in [5, 5.41) is 10.8. The molecule has 43 heavy (non-hydrogen) atoms. The summed E-state index contributed by atoms with van der Waals surface area (Å²) in [5.41, 5.74) is 8.07. The van der Waals surface area contributed by atoms with Gasteiger partial charge >= 0.3 is 0 Å². The van der Waals surface area contributed by atoms with Crippen molar-refractivity contribution in [1.82, 2.24) is 0 Å². The van der Waals surface area contributed by atoms with Crippen molar-refractivity contribution in [2.75, 3.05) is 0 Å². The van der Waals surface area contributed by atoms with Gasteiger partial charge in [0, 0.05) is 0 Å². The second kappa shape index (κ2) is 10.7.